The van der Waals surface area contributed by atoms with E-state index in [0.717, 1.165) is 32.1 Å². The highest BCUT2D eigenvalue weighted by Crippen LogP contribution is 2.60. The summed E-state index contributed by atoms with van der Waals surface area (Å²) < 4.78 is 1.45. The first-order chi connectivity index (χ1) is 11.6. The highest BCUT2D eigenvalue weighted by Gasteiger charge is 2.60. The van der Waals surface area contributed by atoms with E-state index in [1.165, 1.54) is 23.8 Å². The van der Waals surface area contributed by atoms with Crippen molar-refractivity contribution in [2.75, 3.05) is 0 Å². The van der Waals surface area contributed by atoms with Gasteiger partial charge >= 0.3 is 0 Å². The Morgan fingerprint density at radius 2 is 2.00 bits per heavy atom. The molecule has 10 nitrogen and oxygen atoms in total. The molecule has 0 radical (unpaired) electrons. The molecule has 0 saturated heterocycles. The molecule has 0 spiro atoms. The van der Waals surface area contributed by atoms with Gasteiger partial charge in [-0.3, -0.25) is 4.79 Å². The summed E-state index contributed by atoms with van der Waals surface area (Å²) in [6.07, 6.45) is 9.35. The molecule has 10 heteroatoms. The summed E-state index contributed by atoms with van der Waals surface area (Å²) in [6, 6.07) is 0. The van der Waals surface area contributed by atoms with Crippen molar-refractivity contribution in [3.8, 4) is 0 Å². The molecule has 2 aromatic heterocycles. The van der Waals surface area contributed by atoms with Crippen molar-refractivity contribution in [2.45, 2.75) is 56.1 Å². The fourth-order valence-electron chi connectivity index (χ4n) is 5.71. The second kappa shape index (κ2) is 4.81. The number of nitrogens with one attached hydrogen (secondary N) is 1. The van der Waals surface area contributed by atoms with Crippen LogP contribution in [-0.4, -0.2) is 51.9 Å². The highest BCUT2D eigenvalue weighted by molar-refractivity contribution is 5.76. The SMILES string of the molecule is O=C(Cn1cnnn1)NC12C[C@H]3C[C@@H](C1)CC(n1ncnn1)(C3)C2. The van der Waals surface area contributed by atoms with Crippen LogP contribution in [0.1, 0.15) is 38.5 Å². The van der Waals surface area contributed by atoms with Crippen LogP contribution in [0, 0.1) is 11.8 Å². The Labute approximate surface area is 138 Å². The fourth-order valence-corrected chi connectivity index (χ4v) is 5.71. The van der Waals surface area contributed by atoms with E-state index < -0.39 is 0 Å². The number of hydrogen-bond acceptors (Lipinski definition) is 7. The Hall–Kier alpha value is -2.39. The number of hydrogen-bond donors (Lipinski definition) is 1. The molecule has 6 rings (SSSR count). The van der Waals surface area contributed by atoms with E-state index in [1.807, 2.05) is 0 Å². The molecule has 4 atom stereocenters. The zero-order valence-corrected chi connectivity index (χ0v) is 13.2. The summed E-state index contributed by atoms with van der Waals surface area (Å²) in [5, 5.41) is 26.6. The Morgan fingerprint density at radius 3 is 2.67 bits per heavy atom. The average Bonchev–Trinajstić information content (AvgIpc) is 3.18. The number of carbonyl (C=O) groups excluding carboxylic acids is 1. The van der Waals surface area contributed by atoms with Crippen LogP contribution >= 0.6 is 0 Å². The lowest BCUT2D eigenvalue weighted by atomic mass is 9.50. The Kier molecular flexibility index (Phi) is 2.80. The molecular formula is C14H19N9O. The van der Waals surface area contributed by atoms with Gasteiger partial charge in [0, 0.05) is 5.54 Å². The minimum Gasteiger partial charge on any atom is -0.349 e. The summed E-state index contributed by atoms with van der Waals surface area (Å²) in [6.45, 7) is 0.151. The standard InChI is InChI=1S/C14H19N9O/c24-12(6-22-9-16-19-21-22)18-13-2-10-1-11(3-13)5-14(4-10,7-13)23-17-8-15-20-23/h8-11H,1-7H2,(H,18,24)/t10-,11+,13?,14?. The lowest BCUT2D eigenvalue weighted by Crippen LogP contribution is -2.66. The molecule has 0 aromatic carbocycles. The molecule has 4 bridgehead atoms. The normalized spacial score (nSPS) is 36.8. The molecule has 4 fully saturated rings. The first kappa shape index (κ1) is 14.0. The van der Waals surface area contributed by atoms with Gasteiger partial charge in [0.05, 0.1) is 5.54 Å². The maximum atomic E-state index is 12.5. The van der Waals surface area contributed by atoms with Crippen LogP contribution in [0.15, 0.2) is 12.7 Å². The molecule has 4 saturated carbocycles. The van der Waals surface area contributed by atoms with Crippen molar-refractivity contribution in [1.82, 2.24) is 45.7 Å². The molecule has 2 unspecified atom stereocenters. The summed E-state index contributed by atoms with van der Waals surface area (Å²) in [7, 11) is 0. The summed E-state index contributed by atoms with van der Waals surface area (Å²) >= 11 is 0. The Morgan fingerprint density at radius 1 is 1.17 bits per heavy atom. The van der Waals surface area contributed by atoms with Crippen LogP contribution in [0.4, 0.5) is 0 Å². The number of carbonyl (C=O) groups is 1. The third kappa shape index (κ3) is 2.12. The highest BCUT2D eigenvalue weighted by atomic mass is 16.2. The molecule has 24 heavy (non-hydrogen) atoms. The molecule has 4 aliphatic rings. The van der Waals surface area contributed by atoms with E-state index in [-0.39, 0.29) is 23.5 Å². The molecule has 1 N–H and O–H groups in total. The first-order valence-electron chi connectivity index (χ1n) is 8.40. The van der Waals surface area contributed by atoms with Crippen molar-refractivity contribution >= 4 is 5.91 Å². The van der Waals surface area contributed by atoms with Crippen molar-refractivity contribution in [1.29, 1.82) is 0 Å². The third-order valence-electron chi connectivity index (χ3n) is 5.91. The van der Waals surface area contributed by atoms with Crippen LogP contribution in [0.2, 0.25) is 0 Å². The molecule has 0 aliphatic heterocycles. The van der Waals surface area contributed by atoms with E-state index in [4.69, 9.17) is 0 Å². The lowest BCUT2D eigenvalue weighted by molar-refractivity contribution is -0.132. The molecule has 126 valence electrons. The van der Waals surface area contributed by atoms with Gasteiger partial charge in [-0.1, -0.05) is 0 Å². The number of nitrogens with zero attached hydrogens (tertiary/aromatic N) is 8. The van der Waals surface area contributed by atoms with E-state index >= 15 is 0 Å². The second-order valence-electron chi connectivity index (χ2n) is 7.75. The van der Waals surface area contributed by atoms with Crippen LogP contribution in [0.25, 0.3) is 0 Å². The van der Waals surface area contributed by atoms with Crippen molar-refractivity contribution < 1.29 is 4.79 Å². The predicted molar refractivity (Wildman–Crippen MR) is 79.2 cm³/mol. The zero-order chi connectivity index (χ0) is 16.2. The Balaban J connectivity index is 1.40. The van der Waals surface area contributed by atoms with Crippen molar-refractivity contribution in [3.05, 3.63) is 12.7 Å². The van der Waals surface area contributed by atoms with E-state index in [9.17, 15) is 4.79 Å². The van der Waals surface area contributed by atoms with Gasteiger partial charge in [-0.05, 0) is 66.0 Å². The summed E-state index contributed by atoms with van der Waals surface area (Å²) in [5.41, 5.74) is -0.258. The molecule has 2 heterocycles. The summed E-state index contributed by atoms with van der Waals surface area (Å²) in [5.74, 6) is 1.20. The number of amides is 1. The lowest BCUT2D eigenvalue weighted by Gasteiger charge is -2.61. The van der Waals surface area contributed by atoms with E-state index in [1.54, 1.807) is 4.80 Å². The van der Waals surface area contributed by atoms with Crippen LogP contribution in [0.5, 0.6) is 0 Å². The summed E-state index contributed by atoms with van der Waals surface area (Å²) in [4.78, 5) is 14.3. The zero-order valence-electron chi connectivity index (χ0n) is 13.2. The topological polar surface area (TPSA) is 116 Å². The first-order valence-corrected chi connectivity index (χ1v) is 8.40. The van der Waals surface area contributed by atoms with Gasteiger partial charge in [0.2, 0.25) is 5.91 Å². The van der Waals surface area contributed by atoms with Crippen LogP contribution in [-0.2, 0) is 16.9 Å². The minimum atomic E-state index is -0.164. The van der Waals surface area contributed by atoms with Gasteiger partial charge in [-0.2, -0.15) is 4.80 Å². The fraction of sp³-hybridized carbons (Fsp3) is 0.786. The van der Waals surface area contributed by atoms with Gasteiger partial charge < -0.3 is 5.32 Å². The smallest absolute Gasteiger partial charge is 0.242 e. The maximum absolute atomic E-state index is 12.5. The molecule has 2 aromatic rings. The van der Waals surface area contributed by atoms with Crippen LogP contribution < -0.4 is 5.32 Å². The third-order valence-corrected chi connectivity index (χ3v) is 5.91. The molecule has 1 amide bonds. The van der Waals surface area contributed by atoms with Gasteiger partial charge in [-0.15, -0.1) is 15.3 Å². The van der Waals surface area contributed by atoms with Gasteiger partial charge in [-0.25, -0.2) is 4.68 Å². The second-order valence-corrected chi connectivity index (χ2v) is 7.75. The average molecular weight is 329 g/mol. The van der Waals surface area contributed by atoms with Gasteiger partial charge in [0.15, 0.2) is 6.33 Å². The quantitative estimate of drug-likeness (QED) is 0.805. The van der Waals surface area contributed by atoms with Crippen molar-refractivity contribution in [2.24, 2.45) is 11.8 Å². The van der Waals surface area contributed by atoms with Gasteiger partial charge in [0.1, 0.15) is 12.9 Å². The molecular weight excluding hydrogens is 310 g/mol. The maximum Gasteiger partial charge on any atom is 0.242 e. The number of rotatable bonds is 4. The van der Waals surface area contributed by atoms with E-state index in [2.05, 4.69) is 36.3 Å². The molecule has 4 aliphatic carbocycles. The Bertz CT molecular complexity index is 726. The minimum absolute atomic E-state index is 0.0362. The predicted octanol–water partition coefficient (Wildman–Crippen LogP) is -0.476. The van der Waals surface area contributed by atoms with E-state index in [0.29, 0.717) is 11.8 Å². The van der Waals surface area contributed by atoms with Crippen molar-refractivity contribution in [3.63, 3.8) is 0 Å². The van der Waals surface area contributed by atoms with Gasteiger partial charge in [0.25, 0.3) is 0 Å². The number of aromatic nitrogens is 8. The number of tetrazole rings is 2. The monoisotopic (exact) mass is 329 g/mol. The largest absolute Gasteiger partial charge is 0.349 e. The van der Waals surface area contributed by atoms with Crippen LogP contribution in [0.3, 0.4) is 0 Å².